The van der Waals surface area contributed by atoms with Crippen LogP contribution in [-0.2, 0) is 0 Å². The summed E-state index contributed by atoms with van der Waals surface area (Å²) in [6.45, 7) is 1.79. The largest absolute Gasteiger partial charge is 0.497 e. The minimum atomic E-state index is 0.582. The van der Waals surface area contributed by atoms with Gasteiger partial charge in [0, 0.05) is 16.5 Å². The van der Waals surface area contributed by atoms with Crippen molar-refractivity contribution < 1.29 is 9.94 Å². The lowest BCUT2D eigenvalue weighted by Gasteiger charge is -2.05. The molecule has 4 nitrogen and oxygen atoms in total. The quantitative estimate of drug-likeness (QED) is 0.432. The molecule has 0 spiro atoms. The number of aromatic amines is 1. The number of benzene rings is 2. The maximum atomic E-state index is 9.17. The summed E-state index contributed by atoms with van der Waals surface area (Å²) in [7, 11) is 1.64. The fourth-order valence-corrected chi connectivity index (χ4v) is 2.54. The average Bonchev–Trinajstić information content (AvgIpc) is 2.93. The second-order valence-corrected chi connectivity index (χ2v) is 4.83. The van der Waals surface area contributed by atoms with Crippen molar-refractivity contribution in [1.82, 2.24) is 4.98 Å². The van der Waals surface area contributed by atoms with E-state index in [1.165, 1.54) is 0 Å². The first-order valence-corrected chi connectivity index (χ1v) is 6.68. The van der Waals surface area contributed by atoms with Gasteiger partial charge in [-0.3, -0.25) is 0 Å². The molecule has 106 valence electrons. The van der Waals surface area contributed by atoms with Gasteiger partial charge in [-0.25, -0.2) is 0 Å². The van der Waals surface area contributed by atoms with Gasteiger partial charge in [-0.1, -0.05) is 23.4 Å². The van der Waals surface area contributed by atoms with Gasteiger partial charge in [-0.2, -0.15) is 0 Å². The molecule has 0 saturated heterocycles. The maximum Gasteiger partial charge on any atom is 0.118 e. The highest BCUT2D eigenvalue weighted by Crippen LogP contribution is 2.31. The molecule has 1 aromatic heterocycles. The van der Waals surface area contributed by atoms with Crippen molar-refractivity contribution >= 4 is 16.6 Å². The number of hydrogen-bond acceptors (Lipinski definition) is 3. The summed E-state index contributed by atoms with van der Waals surface area (Å²) in [5.74, 6) is 0.809. The zero-order valence-corrected chi connectivity index (χ0v) is 11.9. The number of nitrogens with zero attached hydrogens (tertiary/aromatic N) is 1. The summed E-state index contributed by atoms with van der Waals surface area (Å²) in [5.41, 5.74) is 4.47. The Morgan fingerprint density at radius 3 is 2.48 bits per heavy atom. The summed E-state index contributed by atoms with van der Waals surface area (Å²) in [6.07, 6.45) is 0. The van der Waals surface area contributed by atoms with Crippen LogP contribution in [0.15, 0.2) is 53.7 Å². The van der Waals surface area contributed by atoms with Gasteiger partial charge < -0.3 is 14.9 Å². The molecule has 0 radical (unpaired) electrons. The van der Waals surface area contributed by atoms with E-state index in [1.807, 2.05) is 48.5 Å². The molecule has 3 aromatic rings. The van der Waals surface area contributed by atoms with E-state index in [0.29, 0.717) is 5.71 Å². The van der Waals surface area contributed by atoms with Gasteiger partial charge in [0.2, 0.25) is 0 Å². The van der Waals surface area contributed by atoms with Crippen LogP contribution in [0, 0.1) is 0 Å². The number of fused-ring (bicyclic) bond motifs is 1. The number of nitrogens with one attached hydrogen (secondary N) is 1. The molecule has 0 atom stereocenters. The Morgan fingerprint density at radius 2 is 1.81 bits per heavy atom. The molecule has 4 heteroatoms. The Balaban J connectivity index is 2.25. The fraction of sp³-hybridized carbons (Fsp3) is 0.118. The molecule has 0 unspecified atom stereocenters. The first kappa shape index (κ1) is 13.2. The molecule has 0 saturated carbocycles. The third-order valence-electron chi connectivity index (χ3n) is 3.60. The van der Waals surface area contributed by atoms with Crippen molar-refractivity contribution in [3.8, 4) is 17.0 Å². The van der Waals surface area contributed by atoms with Crippen molar-refractivity contribution in [3.63, 3.8) is 0 Å². The molecular weight excluding hydrogens is 264 g/mol. The number of oxime groups is 1. The summed E-state index contributed by atoms with van der Waals surface area (Å²) < 4.78 is 5.19. The van der Waals surface area contributed by atoms with E-state index < -0.39 is 0 Å². The Kier molecular flexibility index (Phi) is 3.36. The zero-order chi connectivity index (χ0) is 14.8. The van der Waals surface area contributed by atoms with E-state index in [4.69, 9.17) is 4.74 Å². The first-order chi connectivity index (χ1) is 10.2. The summed E-state index contributed by atoms with van der Waals surface area (Å²) in [6, 6.07) is 15.8. The van der Waals surface area contributed by atoms with Crippen molar-refractivity contribution in [1.29, 1.82) is 0 Å². The molecule has 21 heavy (non-hydrogen) atoms. The van der Waals surface area contributed by atoms with Crippen LogP contribution >= 0.6 is 0 Å². The van der Waals surface area contributed by atoms with Gasteiger partial charge in [0.1, 0.15) is 5.75 Å². The molecule has 3 rings (SSSR count). The number of hydrogen-bond donors (Lipinski definition) is 2. The standard InChI is InChI=1S/C17H16N2O2/c1-11(19-20)16-14-5-3-4-6-15(14)18-17(16)12-7-9-13(21-2)10-8-12/h3-10,18,20H,1-2H3/b19-11+. The van der Waals surface area contributed by atoms with E-state index in [9.17, 15) is 5.21 Å². The van der Waals surface area contributed by atoms with Crippen LogP contribution in [0.1, 0.15) is 12.5 Å². The van der Waals surface area contributed by atoms with E-state index in [1.54, 1.807) is 14.0 Å². The molecule has 0 aliphatic heterocycles. The predicted octanol–water partition coefficient (Wildman–Crippen LogP) is 4.04. The second-order valence-electron chi connectivity index (χ2n) is 4.83. The molecular formula is C17H16N2O2. The van der Waals surface area contributed by atoms with Crippen LogP contribution < -0.4 is 4.74 Å². The van der Waals surface area contributed by atoms with Gasteiger partial charge in [0.15, 0.2) is 0 Å². The van der Waals surface area contributed by atoms with Crippen molar-refractivity contribution in [3.05, 3.63) is 54.1 Å². The normalized spacial score (nSPS) is 11.8. The van der Waals surface area contributed by atoms with Crippen LogP contribution in [0.3, 0.4) is 0 Å². The zero-order valence-electron chi connectivity index (χ0n) is 11.9. The van der Waals surface area contributed by atoms with Gasteiger partial charge >= 0.3 is 0 Å². The first-order valence-electron chi connectivity index (χ1n) is 6.68. The smallest absolute Gasteiger partial charge is 0.118 e. The van der Waals surface area contributed by atoms with E-state index in [2.05, 4.69) is 10.1 Å². The van der Waals surface area contributed by atoms with Gasteiger partial charge in [0.05, 0.1) is 18.5 Å². The number of para-hydroxylation sites is 1. The monoisotopic (exact) mass is 280 g/mol. The highest BCUT2D eigenvalue weighted by Gasteiger charge is 2.15. The Hall–Kier alpha value is -2.75. The van der Waals surface area contributed by atoms with E-state index in [0.717, 1.165) is 33.5 Å². The lowest BCUT2D eigenvalue weighted by Crippen LogP contribution is -1.96. The Bertz CT molecular complexity index is 801. The third-order valence-corrected chi connectivity index (χ3v) is 3.60. The van der Waals surface area contributed by atoms with Crippen LogP contribution in [0.25, 0.3) is 22.2 Å². The Morgan fingerprint density at radius 1 is 1.10 bits per heavy atom. The van der Waals surface area contributed by atoms with Crippen LogP contribution in [-0.4, -0.2) is 23.0 Å². The number of H-pyrrole nitrogens is 1. The average molecular weight is 280 g/mol. The minimum absolute atomic E-state index is 0.582. The predicted molar refractivity (Wildman–Crippen MR) is 84.3 cm³/mol. The topological polar surface area (TPSA) is 57.6 Å². The number of rotatable bonds is 3. The molecule has 0 amide bonds. The molecule has 0 fully saturated rings. The molecule has 2 N–H and O–H groups in total. The van der Waals surface area contributed by atoms with Crippen molar-refractivity contribution in [2.45, 2.75) is 6.92 Å². The van der Waals surface area contributed by atoms with E-state index >= 15 is 0 Å². The number of aromatic nitrogens is 1. The lowest BCUT2D eigenvalue weighted by molar-refractivity contribution is 0.319. The Labute approximate surface area is 122 Å². The molecule has 0 bridgehead atoms. The molecule has 0 aliphatic rings. The number of ether oxygens (including phenoxy) is 1. The van der Waals surface area contributed by atoms with Crippen molar-refractivity contribution in [2.24, 2.45) is 5.16 Å². The molecule has 2 aromatic carbocycles. The van der Waals surface area contributed by atoms with Crippen LogP contribution in [0.5, 0.6) is 5.75 Å². The summed E-state index contributed by atoms with van der Waals surface area (Å²) >= 11 is 0. The van der Waals surface area contributed by atoms with Crippen LogP contribution in [0.4, 0.5) is 0 Å². The fourth-order valence-electron chi connectivity index (χ4n) is 2.54. The summed E-state index contributed by atoms with van der Waals surface area (Å²) in [5, 5.41) is 13.6. The van der Waals surface area contributed by atoms with Crippen molar-refractivity contribution in [2.75, 3.05) is 7.11 Å². The van der Waals surface area contributed by atoms with Gasteiger partial charge in [0.25, 0.3) is 0 Å². The van der Waals surface area contributed by atoms with Gasteiger partial charge in [-0.15, -0.1) is 0 Å². The lowest BCUT2D eigenvalue weighted by atomic mass is 10.0. The summed E-state index contributed by atoms with van der Waals surface area (Å²) in [4.78, 5) is 3.40. The maximum absolute atomic E-state index is 9.17. The van der Waals surface area contributed by atoms with Gasteiger partial charge in [-0.05, 0) is 42.8 Å². The minimum Gasteiger partial charge on any atom is -0.497 e. The highest BCUT2D eigenvalue weighted by atomic mass is 16.5. The van der Waals surface area contributed by atoms with E-state index in [-0.39, 0.29) is 0 Å². The second kappa shape index (κ2) is 5.32. The highest BCUT2D eigenvalue weighted by molar-refractivity contribution is 6.14. The van der Waals surface area contributed by atoms with Crippen LogP contribution in [0.2, 0.25) is 0 Å². The third kappa shape index (κ3) is 2.25. The molecule has 1 heterocycles. The molecule has 0 aliphatic carbocycles. The number of methoxy groups -OCH3 is 1. The SMILES string of the molecule is COc1ccc(-c2[nH]c3ccccc3c2/C(C)=N/O)cc1.